The standard InChI is InChI=1S/C15H18N6O4/c1-15(8-24-14(23)16-15)9-3-2-6-21(7-9)13(22)11-5-4-10(25-11)12-17-19-20-18-12/h4-5,9H,2-3,6-8H2,1H3,(H,16,23)(H,17,18,19,20). The third kappa shape index (κ3) is 2.83. The maximum Gasteiger partial charge on any atom is 0.407 e. The molecule has 2 fully saturated rings. The molecule has 2 aliphatic heterocycles. The molecule has 4 heterocycles. The van der Waals surface area contributed by atoms with Crippen molar-refractivity contribution in [3.63, 3.8) is 0 Å². The molecule has 0 bridgehead atoms. The summed E-state index contributed by atoms with van der Waals surface area (Å²) in [4.78, 5) is 25.9. The zero-order valence-corrected chi connectivity index (χ0v) is 13.7. The first-order chi connectivity index (χ1) is 12.0. The topological polar surface area (TPSA) is 126 Å². The third-order valence-electron chi connectivity index (χ3n) is 4.88. The fraction of sp³-hybridized carbons (Fsp3) is 0.533. The number of aromatic amines is 1. The van der Waals surface area contributed by atoms with E-state index in [4.69, 9.17) is 9.15 Å². The summed E-state index contributed by atoms with van der Waals surface area (Å²) in [5.41, 5.74) is -0.449. The highest BCUT2D eigenvalue weighted by molar-refractivity contribution is 5.92. The number of tetrazole rings is 1. The number of aromatic nitrogens is 4. The summed E-state index contributed by atoms with van der Waals surface area (Å²) in [5, 5.41) is 16.4. The van der Waals surface area contributed by atoms with Gasteiger partial charge in [-0.25, -0.2) is 4.79 Å². The van der Waals surface area contributed by atoms with Gasteiger partial charge in [-0.3, -0.25) is 4.79 Å². The summed E-state index contributed by atoms with van der Waals surface area (Å²) in [6, 6.07) is 3.26. The normalized spacial score (nSPS) is 26.4. The molecule has 0 aromatic carbocycles. The second kappa shape index (κ2) is 5.87. The summed E-state index contributed by atoms with van der Waals surface area (Å²) < 4.78 is 10.6. The number of cyclic esters (lactones) is 1. The highest BCUT2D eigenvalue weighted by Gasteiger charge is 2.44. The lowest BCUT2D eigenvalue weighted by atomic mass is 9.81. The zero-order chi connectivity index (χ0) is 17.4. The summed E-state index contributed by atoms with van der Waals surface area (Å²) in [6.07, 6.45) is 1.39. The van der Waals surface area contributed by atoms with Gasteiger partial charge in [-0.1, -0.05) is 0 Å². The van der Waals surface area contributed by atoms with Crippen LogP contribution < -0.4 is 5.32 Å². The molecule has 2 saturated heterocycles. The van der Waals surface area contributed by atoms with E-state index in [1.807, 2.05) is 6.92 Å². The highest BCUT2D eigenvalue weighted by Crippen LogP contribution is 2.31. The largest absolute Gasteiger partial charge is 0.447 e. The van der Waals surface area contributed by atoms with E-state index < -0.39 is 11.6 Å². The minimum Gasteiger partial charge on any atom is -0.447 e. The Kier molecular flexibility index (Phi) is 3.66. The number of nitrogens with zero attached hydrogens (tertiary/aromatic N) is 4. The summed E-state index contributed by atoms with van der Waals surface area (Å²) in [5.74, 6) is 0.858. The first kappa shape index (κ1) is 15.6. The van der Waals surface area contributed by atoms with Crippen LogP contribution in [-0.2, 0) is 4.74 Å². The van der Waals surface area contributed by atoms with E-state index in [0.717, 1.165) is 12.8 Å². The van der Waals surface area contributed by atoms with Crippen LogP contribution in [0.4, 0.5) is 4.79 Å². The molecule has 4 rings (SSSR count). The fourth-order valence-electron chi connectivity index (χ4n) is 3.42. The lowest BCUT2D eigenvalue weighted by Gasteiger charge is -2.39. The number of rotatable bonds is 3. The Labute approximate surface area is 142 Å². The van der Waals surface area contributed by atoms with Gasteiger partial charge in [0.25, 0.3) is 5.91 Å². The van der Waals surface area contributed by atoms with Gasteiger partial charge in [0.15, 0.2) is 11.5 Å². The van der Waals surface area contributed by atoms with Crippen molar-refractivity contribution in [1.82, 2.24) is 30.8 Å². The van der Waals surface area contributed by atoms with Crippen LogP contribution in [0.25, 0.3) is 11.6 Å². The van der Waals surface area contributed by atoms with E-state index in [0.29, 0.717) is 31.3 Å². The van der Waals surface area contributed by atoms with E-state index in [1.54, 1.807) is 17.0 Å². The number of hydrogen-bond acceptors (Lipinski definition) is 7. The van der Waals surface area contributed by atoms with Crippen LogP contribution in [0.5, 0.6) is 0 Å². The molecule has 25 heavy (non-hydrogen) atoms. The van der Waals surface area contributed by atoms with Crippen LogP contribution in [-0.4, -0.2) is 62.8 Å². The fourth-order valence-corrected chi connectivity index (χ4v) is 3.42. The number of likely N-dealkylation sites (tertiary alicyclic amines) is 1. The molecule has 0 aliphatic carbocycles. The van der Waals surface area contributed by atoms with Crippen molar-refractivity contribution >= 4 is 12.0 Å². The van der Waals surface area contributed by atoms with E-state index in [-0.39, 0.29) is 17.6 Å². The van der Waals surface area contributed by atoms with Gasteiger partial charge >= 0.3 is 6.09 Å². The maximum absolute atomic E-state index is 12.8. The monoisotopic (exact) mass is 346 g/mol. The number of hydrogen-bond donors (Lipinski definition) is 2. The van der Waals surface area contributed by atoms with Gasteiger partial charge < -0.3 is 19.4 Å². The first-order valence-electron chi connectivity index (χ1n) is 8.13. The number of carbonyl (C=O) groups is 2. The van der Waals surface area contributed by atoms with E-state index in [2.05, 4.69) is 25.9 Å². The van der Waals surface area contributed by atoms with E-state index in [9.17, 15) is 9.59 Å². The van der Waals surface area contributed by atoms with Crippen LogP contribution in [0.15, 0.2) is 16.5 Å². The molecule has 132 valence electrons. The molecular formula is C15H18N6O4. The SMILES string of the molecule is CC1(C2CCCN(C(=O)c3ccc(-c4nn[nH]n4)o3)C2)COC(=O)N1. The van der Waals surface area contributed by atoms with Crippen LogP contribution in [0.3, 0.4) is 0 Å². The molecule has 2 amide bonds. The second-order valence-electron chi connectivity index (χ2n) is 6.61. The average Bonchev–Trinajstić information content (AvgIpc) is 3.35. The molecule has 10 heteroatoms. The van der Waals surface area contributed by atoms with Crippen molar-refractivity contribution < 1.29 is 18.7 Å². The number of H-pyrrole nitrogens is 1. The Morgan fingerprint density at radius 3 is 3.04 bits per heavy atom. The number of nitrogens with one attached hydrogen (secondary N) is 2. The van der Waals surface area contributed by atoms with Gasteiger partial charge in [-0.2, -0.15) is 5.21 Å². The van der Waals surface area contributed by atoms with Crippen molar-refractivity contribution in [3.8, 4) is 11.6 Å². The summed E-state index contributed by atoms with van der Waals surface area (Å²) >= 11 is 0. The van der Waals surface area contributed by atoms with E-state index >= 15 is 0 Å². The van der Waals surface area contributed by atoms with Crippen LogP contribution in [0.2, 0.25) is 0 Å². The molecule has 0 saturated carbocycles. The molecule has 2 atom stereocenters. The molecule has 2 aliphatic rings. The predicted molar refractivity (Wildman–Crippen MR) is 83.4 cm³/mol. The van der Waals surface area contributed by atoms with Gasteiger partial charge in [0.05, 0.1) is 5.54 Å². The summed E-state index contributed by atoms with van der Waals surface area (Å²) in [7, 11) is 0. The highest BCUT2D eigenvalue weighted by atomic mass is 16.6. The Hall–Kier alpha value is -2.91. The van der Waals surface area contributed by atoms with Crippen LogP contribution in [0, 0.1) is 5.92 Å². The number of alkyl carbamates (subject to hydrolysis) is 1. The van der Waals surface area contributed by atoms with Crippen LogP contribution in [0.1, 0.15) is 30.3 Å². The molecule has 2 unspecified atom stereocenters. The number of carbonyl (C=O) groups excluding carboxylic acids is 2. The smallest absolute Gasteiger partial charge is 0.407 e. The van der Waals surface area contributed by atoms with Gasteiger partial charge in [0, 0.05) is 19.0 Å². The molecular weight excluding hydrogens is 328 g/mol. The third-order valence-corrected chi connectivity index (χ3v) is 4.88. The number of amides is 2. The lowest BCUT2D eigenvalue weighted by molar-refractivity contribution is 0.0552. The minimum atomic E-state index is -0.449. The molecule has 10 nitrogen and oxygen atoms in total. The quantitative estimate of drug-likeness (QED) is 0.842. The maximum atomic E-state index is 12.8. The summed E-state index contributed by atoms with van der Waals surface area (Å²) in [6.45, 7) is 3.47. The molecule has 0 radical (unpaired) electrons. The minimum absolute atomic E-state index is 0.128. The van der Waals surface area contributed by atoms with Crippen molar-refractivity contribution in [1.29, 1.82) is 0 Å². The van der Waals surface area contributed by atoms with E-state index in [1.165, 1.54) is 0 Å². The van der Waals surface area contributed by atoms with Crippen molar-refractivity contribution in [3.05, 3.63) is 17.9 Å². The van der Waals surface area contributed by atoms with Gasteiger partial charge in [-0.15, -0.1) is 10.2 Å². The van der Waals surface area contributed by atoms with Crippen molar-refractivity contribution in [2.24, 2.45) is 5.92 Å². The second-order valence-corrected chi connectivity index (χ2v) is 6.61. The Morgan fingerprint density at radius 2 is 2.32 bits per heavy atom. The van der Waals surface area contributed by atoms with Crippen LogP contribution >= 0.6 is 0 Å². The number of furan rings is 1. The number of piperidine rings is 1. The van der Waals surface area contributed by atoms with Crippen molar-refractivity contribution in [2.75, 3.05) is 19.7 Å². The Bertz CT molecular complexity index is 788. The van der Waals surface area contributed by atoms with Gasteiger partial charge in [-0.05, 0) is 37.1 Å². The molecule has 2 aromatic heterocycles. The zero-order valence-electron chi connectivity index (χ0n) is 13.7. The van der Waals surface area contributed by atoms with Gasteiger partial charge in [0.1, 0.15) is 6.61 Å². The Morgan fingerprint density at radius 1 is 1.44 bits per heavy atom. The molecule has 0 spiro atoms. The Balaban J connectivity index is 1.48. The predicted octanol–water partition coefficient (Wildman–Crippen LogP) is 0.810. The first-order valence-corrected chi connectivity index (χ1v) is 8.13. The van der Waals surface area contributed by atoms with Crippen molar-refractivity contribution in [2.45, 2.75) is 25.3 Å². The van der Waals surface area contributed by atoms with Gasteiger partial charge in [0.2, 0.25) is 5.82 Å². The molecule has 2 N–H and O–H groups in total. The average molecular weight is 346 g/mol. The lowest BCUT2D eigenvalue weighted by Crippen LogP contribution is -2.54. The number of ether oxygens (including phenoxy) is 1. The molecule has 2 aromatic rings.